The van der Waals surface area contributed by atoms with Crippen LogP contribution in [0, 0.1) is 5.92 Å². The Kier molecular flexibility index (Phi) is 5.03. The van der Waals surface area contributed by atoms with Crippen molar-refractivity contribution in [3.05, 3.63) is 0 Å². The highest BCUT2D eigenvalue weighted by Crippen LogP contribution is 2.16. The summed E-state index contributed by atoms with van der Waals surface area (Å²) in [6.07, 6.45) is 0. The van der Waals surface area contributed by atoms with E-state index in [-0.39, 0.29) is 11.3 Å². The number of halogens is 1. The molecule has 0 aliphatic carbocycles. The Morgan fingerprint density at radius 3 is 2.13 bits per heavy atom. The molecule has 4 heteroatoms. The summed E-state index contributed by atoms with van der Waals surface area (Å²) in [4.78, 5) is 16.0. The van der Waals surface area contributed by atoms with Crippen LogP contribution < -0.4 is 0 Å². The molecule has 0 aromatic carbocycles. The molecule has 88 valence electrons. The predicted molar refractivity (Wildman–Crippen MR) is 63.2 cm³/mol. The van der Waals surface area contributed by atoms with Crippen molar-refractivity contribution >= 4 is 16.8 Å². The Morgan fingerprint density at radius 1 is 1.27 bits per heavy atom. The van der Waals surface area contributed by atoms with Gasteiger partial charge >= 0.3 is 0 Å². The van der Waals surface area contributed by atoms with Gasteiger partial charge in [0.05, 0.1) is 6.04 Å². The van der Waals surface area contributed by atoms with E-state index in [9.17, 15) is 4.79 Å². The first-order chi connectivity index (χ1) is 7.06. The van der Waals surface area contributed by atoms with Crippen molar-refractivity contribution < 1.29 is 4.79 Å². The number of hydrogen-bond acceptors (Lipinski definition) is 3. The normalized spacial score (nSPS) is 21.9. The third kappa shape index (κ3) is 3.44. The van der Waals surface area contributed by atoms with Crippen LogP contribution in [0.3, 0.4) is 0 Å². The van der Waals surface area contributed by atoms with E-state index < -0.39 is 0 Å². The molecular formula is C11H21ClN2O. The Balaban J connectivity index is 2.53. The number of carbonyl (C=O) groups is 1. The zero-order valence-corrected chi connectivity index (χ0v) is 10.6. The van der Waals surface area contributed by atoms with Gasteiger partial charge in [-0.3, -0.25) is 9.69 Å². The van der Waals surface area contributed by atoms with E-state index in [1.54, 1.807) is 0 Å². The van der Waals surface area contributed by atoms with Gasteiger partial charge in [0.2, 0.25) is 5.24 Å². The molecule has 0 aromatic heterocycles. The number of nitrogens with zero attached hydrogens (tertiary/aromatic N) is 2. The van der Waals surface area contributed by atoms with Gasteiger partial charge in [0.1, 0.15) is 0 Å². The van der Waals surface area contributed by atoms with E-state index in [4.69, 9.17) is 11.6 Å². The standard InChI is InChI=1S/C11H21ClN2O/c1-4-13-5-7-14(8-6-13)10(9(2)3)11(12)15/h9-10H,4-8H2,1-3H3. The number of rotatable bonds is 4. The fourth-order valence-corrected chi connectivity index (χ4v) is 2.57. The molecule has 0 N–H and O–H groups in total. The van der Waals surface area contributed by atoms with E-state index in [1.165, 1.54) is 0 Å². The van der Waals surface area contributed by atoms with Crippen LogP contribution in [0.5, 0.6) is 0 Å². The van der Waals surface area contributed by atoms with E-state index in [0.29, 0.717) is 5.92 Å². The van der Waals surface area contributed by atoms with Crippen molar-refractivity contribution in [3.63, 3.8) is 0 Å². The van der Waals surface area contributed by atoms with Gasteiger partial charge in [0.15, 0.2) is 0 Å². The maximum atomic E-state index is 11.3. The average Bonchev–Trinajstić information content (AvgIpc) is 2.18. The molecule has 1 saturated heterocycles. The quantitative estimate of drug-likeness (QED) is 0.685. The van der Waals surface area contributed by atoms with Crippen molar-refractivity contribution in [2.24, 2.45) is 5.92 Å². The summed E-state index contributed by atoms with van der Waals surface area (Å²) in [7, 11) is 0. The van der Waals surface area contributed by atoms with Crippen LogP contribution >= 0.6 is 11.6 Å². The molecule has 0 spiro atoms. The Labute approximate surface area is 97.4 Å². The van der Waals surface area contributed by atoms with Gasteiger partial charge in [0, 0.05) is 26.2 Å². The molecule has 0 bridgehead atoms. The predicted octanol–water partition coefficient (Wildman–Crippen LogP) is 1.41. The van der Waals surface area contributed by atoms with Crippen LogP contribution in [-0.2, 0) is 4.79 Å². The molecule has 0 amide bonds. The molecule has 1 aliphatic heterocycles. The SMILES string of the molecule is CCN1CCN(C(C(=O)Cl)C(C)C)CC1. The molecule has 0 radical (unpaired) electrons. The Bertz CT molecular complexity index is 213. The molecule has 15 heavy (non-hydrogen) atoms. The summed E-state index contributed by atoms with van der Waals surface area (Å²) >= 11 is 5.65. The minimum Gasteiger partial charge on any atom is -0.301 e. The van der Waals surface area contributed by atoms with Gasteiger partial charge in [-0.25, -0.2) is 0 Å². The summed E-state index contributed by atoms with van der Waals surface area (Å²) in [5, 5.41) is -0.213. The van der Waals surface area contributed by atoms with Crippen molar-refractivity contribution in [2.75, 3.05) is 32.7 Å². The summed E-state index contributed by atoms with van der Waals surface area (Å²) in [6, 6.07) is -0.106. The maximum Gasteiger partial charge on any atom is 0.239 e. The number of hydrogen-bond donors (Lipinski definition) is 0. The lowest BCUT2D eigenvalue weighted by atomic mass is 10.0. The van der Waals surface area contributed by atoms with Crippen LogP contribution in [0.15, 0.2) is 0 Å². The second kappa shape index (κ2) is 5.83. The summed E-state index contributed by atoms with van der Waals surface area (Å²) in [5.74, 6) is 0.295. The molecular weight excluding hydrogens is 212 g/mol. The highest BCUT2D eigenvalue weighted by atomic mass is 35.5. The van der Waals surface area contributed by atoms with E-state index in [1.807, 2.05) is 0 Å². The number of carbonyl (C=O) groups excluding carboxylic acids is 1. The molecule has 1 aliphatic rings. The highest BCUT2D eigenvalue weighted by molar-refractivity contribution is 6.64. The lowest BCUT2D eigenvalue weighted by Crippen LogP contribution is -2.53. The average molecular weight is 233 g/mol. The molecule has 3 nitrogen and oxygen atoms in total. The van der Waals surface area contributed by atoms with E-state index in [0.717, 1.165) is 32.7 Å². The molecule has 0 aromatic rings. The van der Waals surface area contributed by atoms with Crippen LogP contribution in [-0.4, -0.2) is 53.8 Å². The molecule has 1 unspecified atom stereocenters. The second-order valence-electron chi connectivity index (χ2n) is 4.46. The van der Waals surface area contributed by atoms with E-state index in [2.05, 4.69) is 30.6 Å². The molecule has 1 rings (SSSR count). The van der Waals surface area contributed by atoms with Gasteiger partial charge in [-0.05, 0) is 24.1 Å². The molecule has 1 atom stereocenters. The zero-order valence-electron chi connectivity index (χ0n) is 9.87. The summed E-state index contributed by atoms with van der Waals surface area (Å²) in [6.45, 7) is 11.4. The smallest absolute Gasteiger partial charge is 0.239 e. The topological polar surface area (TPSA) is 23.6 Å². The van der Waals surface area contributed by atoms with Crippen LogP contribution in [0.4, 0.5) is 0 Å². The zero-order chi connectivity index (χ0) is 11.4. The molecule has 0 saturated carbocycles. The first-order valence-electron chi connectivity index (χ1n) is 5.72. The van der Waals surface area contributed by atoms with Gasteiger partial charge in [-0.1, -0.05) is 20.8 Å². The van der Waals surface area contributed by atoms with Crippen LogP contribution in [0.2, 0.25) is 0 Å². The second-order valence-corrected chi connectivity index (χ2v) is 4.84. The first-order valence-corrected chi connectivity index (χ1v) is 6.09. The molecule has 1 fully saturated rings. The Morgan fingerprint density at radius 2 is 1.80 bits per heavy atom. The first kappa shape index (κ1) is 12.9. The number of piperazine rings is 1. The summed E-state index contributed by atoms with van der Waals surface area (Å²) < 4.78 is 0. The third-order valence-electron chi connectivity index (χ3n) is 3.11. The minimum atomic E-state index is -0.213. The monoisotopic (exact) mass is 232 g/mol. The lowest BCUT2D eigenvalue weighted by Gasteiger charge is -2.38. The van der Waals surface area contributed by atoms with Crippen LogP contribution in [0.25, 0.3) is 0 Å². The largest absolute Gasteiger partial charge is 0.301 e. The number of likely N-dealkylation sites (N-methyl/N-ethyl adjacent to an activating group) is 1. The van der Waals surface area contributed by atoms with Crippen LogP contribution in [0.1, 0.15) is 20.8 Å². The van der Waals surface area contributed by atoms with Gasteiger partial charge in [0.25, 0.3) is 0 Å². The fraction of sp³-hybridized carbons (Fsp3) is 0.909. The summed E-state index contributed by atoms with van der Waals surface area (Å²) in [5.41, 5.74) is 0. The third-order valence-corrected chi connectivity index (χ3v) is 3.34. The lowest BCUT2D eigenvalue weighted by molar-refractivity contribution is -0.118. The highest BCUT2D eigenvalue weighted by Gasteiger charge is 2.29. The van der Waals surface area contributed by atoms with Crippen molar-refractivity contribution in [3.8, 4) is 0 Å². The van der Waals surface area contributed by atoms with Gasteiger partial charge in [-0.15, -0.1) is 0 Å². The van der Waals surface area contributed by atoms with Crippen molar-refractivity contribution in [2.45, 2.75) is 26.8 Å². The van der Waals surface area contributed by atoms with Gasteiger partial charge < -0.3 is 4.90 Å². The van der Waals surface area contributed by atoms with Crippen molar-refractivity contribution in [1.29, 1.82) is 0 Å². The molecule has 1 heterocycles. The van der Waals surface area contributed by atoms with E-state index >= 15 is 0 Å². The van der Waals surface area contributed by atoms with Gasteiger partial charge in [-0.2, -0.15) is 0 Å². The fourth-order valence-electron chi connectivity index (χ4n) is 2.18. The minimum absolute atomic E-state index is 0.106. The van der Waals surface area contributed by atoms with Crippen molar-refractivity contribution in [1.82, 2.24) is 9.80 Å². The Hall–Kier alpha value is -0.120. The maximum absolute atomic E-state index is 11.3.